The van der Waals surface area contributed by atoms with Crippen molar-refractivity contribution in [3.63, 3.8) is 0 Å². The number of aromatic nitrogens is 4. The molecule has 18 heavy (non-hydrogen) atoms. The highest BCUT2D eigenvalue weighted by Crippen LogP contribution is 2.22. The van der Waals surface area contributed by atoms with Gasteiger partial charge in [0.15, 0.2) is 5.65 Å². The van der Waals surface area contributed by atoms with Gasteiger partial charge in [-0.15, -0.1) is 0 Å². The van der Waals surface area contributed by atoms with E-state index >= 15 is 0 Å². The number of fused-ring (bicyclic) bond motifs is 1. The number of anilines is 2. The molecule has 7 heteroatoms. The first-order valence-corrected chi connectivity index (χ1v) is 5.55. The lowest BCUT2D eigenvalue weighted by Gasteiger charge is -2.04. The molecule has 6 nitrogen and oxygen atoms in total. The van der Waals surface area contributed by atoms with Crippen LogP contribution >= 0.6 is 11.6 Å². The minimum atomic E-state index is 0.115. The van der Waals surface area contributed by atoms with Crippen molar-refractivity contribution in [1.82, 2.24) is 19.7 Å². The topological polar surface area (TPSA) is 95.6 Å². The van der Waals surface area contributed by atoms with Gasteiger partial charge in [0, 0.05) is 5.02 Å². The predicted molar refractivity (Wildman–Crippen MR) is 70.5 cm³/mol. The fraction of sp³-hybridized carbons (Fsp3) is 0. The van der Waals surface area contributed by atoms with Gasteiger partial charge in [-0.25, -0.2) is 4.68 Å². The largest absolute Gasteiger partial charge is 0.383 e. The van der Waals surface area contributed by atoms with Crippen molar-refractivity contribution < 1.29 is 0 Å². The smallest absolute Gasteiger partial charge is 0.224 e. The first kappa shape index (κ1) is 10.8. The minimum Gasteiger partial charge on any atom is -0.383 e. The summed E-state index contributed by atoms with van der Waals surface area (Å²) in [6.45, 7) is 0. The van der Waals surface area contributed by atoms with E-state index in [2.05, 4.69) is 15.1 Å². The highest BCUT2D eigenvalue weighted by atomic mass is 35.5. The highest BCUT2D eigenvalue weighted by molar-refractivity contribution is 6.30. The van der Waals surface area contributed by atoms with E-state index in [9.17, 15) is 0 Å². The lowest BCUT2D eigenvalue weighted by molar-refractivity contribution is 0.896. The molecule has 1 aromatic carbocycles. The summed E-state index contributed by atoms with van der Waals surface area (Å²) in [6, 6.07) is 7.27. The SMILES string of the molecule is Nc1nc(N)c2cnn(-c3cccc(Cl)c3)c2n1. The van der Waals surface area contributed by atoms with Gasteiger partial charge in [-0.1, -0.05) is 17.7 Å². The molecule has 0 amide bonds. The first-order valence-electron chi connectivity index (χ1n) is 5.18. The van der Waals surface area contributed by atoms with Crippen molar-refractivity contribution in [1.29, 1.82) is 0 Å². The van der Waals surface area contributed by atoms with Gasteiger partial charge in [0.05, 0.1) is 17.3 Å². The molecule has 0 spiro atoms. The van der Waals surface area contributed by atoms with Crippen molar-refractivity contribution in [3.8, 4) is 5.69 Å². The molecule has 0 aliphatic rings. The normalized spacial score (nSPS) is 10.9. The van der Waals surface area contributed by atoms with E-state index in [1.807, 2.05) is 12.1 Å². The van der Waals surface area contributed by atoms with Crippen LogP contribution < -0.4 is 11.5 Å². The maximum Gasteiger partial charge on any atom is 0.224 e. The number of halogens is 1. The fourth-order valence-corrected chi connectivity index (χ4v) is 1.93. The quantitative estimate of drug-likeness (QED) is 0.693. The molecule has 0 radical (unpaired) electrons. The summed E-state index contributed by atoms with van der Waals surface area (Å²) < 4.78 is 1.62. The van der Waals surface area contributed by atoms with Crippen molar-refractivity contribution >= 4 is 34.4 Å². The number of rotatable bonds is 1. The molecule has 0 atom stereocenters. The number of nitrogens with zero attached hydrogens (tertiary/aromatic N) is 4. The first-order chi connectivity index (χ1) is 8.65. The van der Waals surface area contributed by atoms with Gasteiger partial charge in [-0.05, 0) is 18.2 Å². The van der Waals surface area contributed by atoms with E-state index in [0.29, 0.717) is 21.9 Å². The van der Waals surface area contributed by atoms with Crippen LogP contribution in [0.1, 0.15) is 0 Å². The Morgan fingerprint density at radius 3 is 2.78 bits per heavy atom. The van der Waals surface area contributed by atoms with Gasteiger partial charge in [-0.3, -0.25) is 0 Å². The number of benzene rings is 1. The van der Waals surface area contributed by atoms with Crippen LogP contribution in [0.2, 0.25) is 5.02 Å². The van der Waals surface area contributed by atoms with E-state index in [-0.39, 0.29) is 5.95 Å². The molecule has 4 N–H and O–H groups in total. The van der Waals surface area contributed by atoms with E-state index in [1.54, 1.807) is 23.0 Å². The van der Waals surface area contributed by atoms with E-state index in [4.69, 9.17) is 23.1 Å². The van der Waals surface area contributed by atoms with Crippen molar-refractivity contribution in [2.24, 2.45) is 0 Å². The Hall–Kier alpha value is -2.34. The van der Waals surface area contributed by atoms with Gasteiger partial charge in [0.2, 0.25) is 5.95 Å². The van der Waals surface area contributed by atoms with Gasteiger partial charge in [0.1, 0.15) is 5.82 Å². The standard InChI is InChI=1S/C11H9ClN6/c12-6-2-1-3-7(4-6)18-10-8(5-15-18)9(13)16-11(14)17-10/h1-5H,(H4,13,14,16,17). The van der Waals surface area contributed by atoms with Crippen LogP contribution in [0.4, 0.5) is 11.8 Å². The van der Waals surface area contributed by atoms with Crippen LogP contribution in [0.25, 0.3) is 16.7 Å². The summed E-state index contributed by atoms with van der Waals surface area (Å²) in [6.07, 6.45) is 1.60. The Morgan fingerprint density at radius 1 is 1.17 bits per heavy atom. The van der Waals surface area contributed by atoms with Crippen LogP contribution in [-0.4, -0.2) is 19.7 Å². The van der Waals surface area contributed by atoms with Gasteiger partial charge >= 0.3 is 0 Å². The summed E-state index contributed by atoms with van der Waals surface area (Å²) in [4.78, 5) is 8.04. The van der Waals surface area contributed by atoms with E-state index < -0.39 is 0 Å². The monoisotopic (exact) mass is 260 g/mol. The number of hydrogen-bond acceptors (Lipinski definition) is 5. The molecule has 2 heterocycles. The van der Waals surface area contributed by atoms with Crippen LogP contribution in [0, 0.1) is 0 Å². The molecule has 0 bridgehead atoms. The van der Waals surface area contributed by atoms with E-state index in [1.165, 1.54) is 0 Å². The Bertz CT molecular complexity index is 735. The third-order valence-corrected chi connectivity index (χ3v) is 2.76. The van der Waals surface area contributed by atoms with Crippen molar-refractivity contribution in [2.75, 3.05) is 11.5 Å². The average Bonchev–Trinajstić information content (AvgIpc) is 2.72. The predicted octanol–water partition coefficient (Wildman–Crippen LogP) is 1.63. The average molecular weight is 261 g/mol. The third kappa shape index (κ3) is 1.63. The van der Waals surface area contributed by atoms with Gasteiger partial charge in [-0.2, -0.15) is 15.1 Å². The molecule has 0 aliphatic carbocycles. The number of hydrogen-bond donors (Lipinski definition) is 2. The molecule has 3 rings (SSSR count). The summed E-state index contributed by atoms with van der Waals surface area (Å²) in [5.41, 5.74) is 12.7. The lowest BCUT2D eigenvalue weighted by Crippen LogP contribution is -2.03. The Kier molecular flexibility index (Phi) is 2.31. The second-order valence-corrected chi connectivity index (χ2v) is 4.18. The molecule has 90 valence electrons. The highest BCUT2D eigenvalue weighted by Gasteiger charge is 2.11. The molecular weight excluding hydrogens is 252 g/mol. The van der Waals surface area contributed by atoms with Gasteiger partial charge in [0.25, 0.3) is 0 Å². The summed E-state index contributed by atoms with van der Waals surface area (Å²) in [5.74, 6) is 0.426. The molecule has 0 aliphatic heterocycles. The Morgan fingerprint density at radius 2 is 2.00 bits per heavy atom. The molecule has 0 fully saturated rings. The molecule has 0 saturated heterocycles. The molecule has 0 unspecified atom stereocenters. The molecule has 2 aromatic heterocycles. The minimum absolute atomic E-state index is 0.115. The van der Waals surface area contributed by atoms with Crippen molar-refractivity contribution in [2.45, 2.75) is 0 Å². The van der Waals surface area contributed by atoms with Crippen LogP contribution in [-0.2, 0) is 0 Å². The molecule has 0 saturated carbocycles. The zero-order chi connectivity index (χ0) is 12.7. The lowest BCUT2D eigenvalue weighted by atomic mass is 10.3. The zero-order valence-electron chi connectivity index (χ0n) is 9.21. The fourth-order valence-electron chi connectivity index (χ4n) is 1.74. The van der Waals surface area contributed by atoms with Crippen LogP contribution in [0.15, 0.2) is 30.5 Å². The number of nitrogens with two attached hydrogens (primary N) is 2. The molecular formula is C11H9ClN6. The maximum absolute atomic E-state index is 5.95. The maximum atomic E-state index is 5.95. The summed E-state index contributed by atoms with van der Waals surface area (Å²) in [7, 11) is 0. The third-order valence-electron chi connectivity index (χ3n) is 2.53. The van der Waals surface area contributed by atoms with Crippen molar-refractivity contribution in [3.05, 3.63) is 35.5 Å². The second-order valence-electron chi connectivity index (χ2n) is 3.74. The molecule has 3 aromatic rings. The van der Waals surface area contributed by atoms with Crippen LogP contribution in [0.5, 0.6) is 0 Å². The Balaban J connectivity index is 2.30. The van der Waals surface area contributed by atoms with Crippen LogP contribution in [0.3, 0.4) is 0 Å². The Labute approximate surface area is 107 Å². The summed E-state index contributed by atoms with van der Waals surface area (Å²) in [5, 5.41) is 5.50. The second kappa shape index (κ2) is 3.85. The summed E-state index contributed by atoms with van der Waals surface area (Å²) >= 11 is 5.95. The van der Waals surface area contributed by atoms with Gasteiger partial charge < -0.3 is 11.5 Å². The van der Waals surface area contributed by atoms with E-state index in [0.717, 1.165) is 5.69 Å². The zero-order valence-corrected chi connectivity index (χ0v) is 9.96. The number of nitrogen functional groups attached to an aromatic ring is 2.